The Morgan fingerprint density at radius 1 is 1.00 bits per heavy atom. The van der Waals surface area contributed by atoms with Crippen LogP contribution in [0, 0.1) is 6.92 Å². The number of fused-ring (bicyclic) bond motifs is 1. The molecule has 2 heterocycles. The zero-order valence-electron chi connectivity index (χ0n) is 17.5. The third-order valence-corrected chi connectivity index (χ3v) is 4.94. The second kappa shape index (κ2) is 8.41. The van der Waals surface area contributed by atoms with Crippen molar-refractivity contribution in [3.8, 4) is 22.8 Å². The fourth-order valence-corrected chi connectivity index (χ4v) is 3.26. The lowest BCUT2D eigenvalue weighted by Crippen LogP contribution is -2.06. The molecular weight excluding hydrogens is 380 g/mol. The molecule has 0 spiro atoms. The van der Waals surface area contributed by atoms with E-state index in [9.17, 15) is 0 Å². The van der Waals surface area contributed by atoms with E-state index in [1.165, 1.54) is 5.56 Å². The summed E-state index contributed by atoms with van der Waals surface area (Å²) >= 11 is 0. The van der Waals surface area contributed by atoms with E-state index in [0.29, 0.717) is 35.6 Å². The maximum absolute atomic E-state index is 5.66. The number of benzene rings is 2. The minimum absolute atomic E-state index is 0.482. The monoisotopic (exact) mass is 404 g/mol. The molecule has 154 valence electrons. The van der Waals surface area contributed by atoms with Crippen LogP contribution in [0.3, 0.4) is 0 Å². The Labute approximate surface area is 175 Å². The molecule has 2 aromatic heterocycles. The smallest absolute Gasteiger partial charge is 0.228 e. The molecule has 0 amide bonds. The molecule has 0 unspecified atom stereocenters. The van der Waals surface area contributed by atoms with E-state index in [1.807, 2.05) is 49.4 Å². The van der Waals surface area contributed by atoms with Crippen molar-refractivity contribution in [1.82, 2.24) is 15.1 Å². The number of hydrogen-bond donors (Lipinski definition) is 1. The van der Waals surface area contributed by atoms with Crippen LogP contribution in [0.5, 0.6) is 11.5 Å². The van der Waals surface area contributed by atoms with Gasteiger partial charge in [-0.15, -0.1) is 0 Å². The number of methoxy groups -OCH3 is 2. The number of hydrogen-bond acceptors (Lipinski definition) is 7. The van der Waals surface area contributed by atoms with Crippen LogP contribution < -0.4 is 14.8 Å². The van der Waals surface area contributed by atoms with Gasteiger partial charge in [-0.05, 0) is 25.1 Å². The van der Waals surface area contributed by atoms with Gasteiger partial charge in [0.05, 0.1) is 14.2 Å². The first kappa shape index (κ1) is 19.7. The Kier molecular flexibility index (Phi) is 5.52. The van der Waals surface area contributed by atoms with Gasteiger partial charge in [-0.25, -0.2) is 9.97 Å². The van der Waals surface area contributed by atoms with Crippen molar-refractivity contribution in [3.05, 3.63) is 59.4 Å². The van der Waals surface area contributed by atoms with Crippen molar-refractivity contribution in [2.45, 2.75) is 26.8 Å². The summed E-state index contributed by atoms with van der Waals surface area (Å²) < 4.78 is 16.5. The molecule has 0 atom stereocenters. The molecule has 0 aliphatic rings. The second-order valence-electron chi connectivity index (χ2n) is 6.95. The highest BCUT2D eigenvalue weighted by Crippen LogP contribution is 2.31. The van der Waals surface area contributed by atoms with Gasteiger partial charge in [0.15, 0.2) is 5.82 Å². The summed E-state index contributed by atoms with van der Waals surface area (Å²) in [5, 5.41) is 7.64. The van der Waals surface area contributed by atoms with Crippen molar-refractivity contribution in [3.63, 3.8) is 0 Å². The number of ether oxygens (including phenoxy) is 2. The SMILES string of the molecule is CCc1nc(NCc2cc(OC)ccc2OC)c2onc(-c3ccc(C)cc3)c2n1. The molecular formula is C23H24N4O3. The van der Waals surface area contributed by atoms with E-state index in [2.05, 4.69) is 27.4 Å². The molecule has 0 aliphatic carbocycles. The summed E-state index contributed by atoms with van der Waals surface area (Å²) in [6, 6.07) is 13.8. The summed E-state index contributed by atoms with van der Waals surface area (Å²) in [5.74, 6) is 2.85. The topological polar surface area (TPSA) is 82.3 Å². The van der Waals surface area contributed by atoms with E-state index in [4.69, 9.17) is 14.0 Å². The highest BCUT2D eigenvalue weighted by atomic mass is 16.5. The van der Waals surface area contributed by atoms with Crippen molar-refractivity contribution in [2.24, 2.45) is 0 Å². The van der Waals surface area contributed by atoms with Gasteiger partial charge >= 0.3 is 0 Å². The summed E-state index contributed by atoms with van der Waals surface area (Å²) in [6.07, 6.45) is 0.700. The van der Waals surface area contributed by atoms with Crippen LogP contribution in [0.4, 0.5) is 5.82 Å². The minimum Gasteiger partial charge on any atom is -0.497 e. The summed E-state index contributed by atoms with van der Waals surface area (Å²) in [4.78, 5) is 9.30. The molecule has 0 aliphatic heterocycles. The van der Waals surface area contributed by atoms with E-state index < -0.39 is 0 Å². The molecule has 0 radical (unpaired) electrons. The van der Waals surface area contributed by atoms with Crippen molar-refractivity contribution < 1.29 is 14.0 Å². The number of aromatic nitrogens is 3. The lowest BCUT2D eigenvalue weighted by molar-refractivity contribution is 0.399. The minimum atomic E-state index is 0.482. The molecule has 4 aromatic rings. The van der Waals surface area contributed by atoms with Gasteiger partial charge in [0.25, 0.3) is 0 Å². The first-order chi connectivity index (χ1) is 14.6. The summed E-state index contributed by atoms with van der Waals surface area (Å²) in [7, 11) is 3.29. The maximum atomic E-state index is 5.66. The quantitative estimate of drug-likeness (QED) is 0.474. The van der Waals surface area contributed by atoms with Gasteiger partial charge in [0.1, 0.15) is 28.5 Å². The molecule has 7 nitrogen and oxygen atoms in total. The molecule has 0 bridgehead atoms. The van der Waals surface area contributed by atoms with Crippen LogP contribution in [0.15, 0.2) is 47.0 Å². The van der Waals surface area contributed by atoms with E-state index >= 15 is 0 Å². The fraction of sp³-hybridized carbons (Fsp3) is 0.261. The molecule has 1 N–H and O–H groups in total. The van der Waals surface area contributed by atoms with Gasteiger partial charge in [-0.2, -0.15) is 0 Å². The fourth-order valence-electron chi connectivity index (χ4n) is 3.26. The molecule has 2 aromatic carbocycles. The van der Waals surface area contributed by atoms with E-state index in [-0.39, 0.29) is 0 Å². The average Bonchev–Trinajstić information content (AvgIpc) is 3.21. The van der Waals surface area contributed by atoms with Gasteiger partial charge in [-0.1, -0.05) is 41.9 Å². The molecule has 4 rings (SSSR count). The van der Waals surface area contributed by atoms with Gasteiger partial charge in [0.2, 0.25) is 5.58 Å². The van der Waals surface area contributed by atoms with Crippen LogP contribution >= 0.6 is 0 Å². The predicted octanol–water partition coefficient (Wildman–Crippen LogP) is 4.78. The first-order valence-corrected chi connectivity index (χ1v) is 9.81. The van der Waals surface area contributed by atoms with Gasteiger partial charge in [0, 0.05) is 24.1 Å². The highest BCUT2D eigenvalue weighted by molar-refractivity contribution is 5.93. The predicted molar refractivity (Wildman–Crippen MR) is 116 cm³/mol. The lowest BCUT2D eigenvalue weighted by atomic mass is 10.1. The first-order valence-electron chi connectivity index (χ1n) is 9.81. The van der Waals surface area contributed by atoms with Crippen molar-refractivity contribution in [1.29, 1.82) is 0 Å². The second-order valence-corrected chi connectivity index (χ2v) is 6.95. The Hall–Kier alpha value is -3.61. The number of aryl methyl sites for hydroxylation is 2. The highest BCUT2D eigenvalue weighted by Gasteiger charge is 2.18. The molecule has 0 fully saturated rings. The molecule has 0 saturated heterocycles. The summed E-state index contributed by atoms with van der Waals surface area (Å²) in [6.45, 7) is 4.56. The number of rotatable bonds is 7. The Morgan fingerprint density at radius 2 is 1.80 bits per heavy atom. The number of anilines is 1. The maximum Gasteiger partial charge on any atom is 0.228 e. The van der Waals surface area contributed by atoms with Crippen LogP contribution in [-0.2, 0) is 13.0 Å². The van der Waals surface area contributed by atoms with Crippen LogP contribution in [-0.4, -0.2) is 29.3 Å². The Morgan fingerprint density at radius 3 is 2.50 bits per heavy atom. The third kappa shape index (κ3) is 3.78. The Balaban J connectivity index is 1.72. The molecule has 0 saturated carbocycles. The van der Waals surface area contributed by atoms with Gasteiger partial charge < -0.3 is 19.3 Å². The largest absolute Gasteiger partial charge is 0.497 e. The van der Waals surface area contributed by atoms with Gasteiger partial charge in [-0.3, -0.25) is 0 Å². The normalized spacial score (nSPS) is 10.9. The van der Waals surface area contributed by atoms with Crippen LogP contribution in [0.1, 0.15) is 23.9 Å². The van der Waals surface area contributed by atoms with Crippen molar-refractivity contribution in [2.75, 3.05) is 19.5 Å². The average molecular weight is 404 g/mol. The number of nitrogens with zero attached hydrogens (tertiary/aromatic N) is 3. The third-order valence-electron chi connectivity index (χ3n) is 4.94. The molecule has 30 heavy (non-hydrogen) atoms. The van der Waals surface area contributed by atoms with E-state index in [1.54, 1.807) is 14.2 Å². The zero-order chi connectivity index (χ0) is 21.1. The van der Waals surface area contributed by atoms with Crippen LogP contribution in [0.2, 0.25) is 0 Å². The lowest BCUT2D eigenvalue weighted by Gasteiger charge is -2.12. The van der Waals surface area contributed by atoms with Crippen LogP contribution in [0.25, 0.3) is 22.4 Å². The molecule has 7 heteroatoms. The zero-order valence-corrected chi connectivity index (χ0v) is 17.5. The summed E-state index contributed by atoms with van der Waals surface area (Å²) in [5.41, 5.74) is 5.03. The van der Waals surface area contributed by atoms with Crippen molar-refractivity contribution >= 4 is 16.9 Å². The number of nitrogens with one attached hydrogen (secondary N) is 1. The Bertz CT molecular complexity index is 1170. The van der Waals surface area contributed by atoms with E-state index in [0.717, 1.165) is 28.5 Å². The standard InChI is InChI=1S/C23H24N4O3/c1-5-19-25-21-20(15-8-6-14(2)7-9-15)27-30-22(21)23(26-19)24-13-16-12-17(28-3)10-11-18(16)29-4/h6-12H,5,13H2,1-4H3,(H,24,25,26).